The number of hydrogen-bond donors (Lipinski definition) is 1. The zero-order chi connectivity index (χ0) is 25.4. The first-order valence-corrected chi connectivity index (χ1v) is 12.2. The molecule has 0 radical (unpaired) electrons. The van der Waals surface area contributed by atoms with E-state index in [1.54, 1.807) is 24.3 Å². The number of ether oxygens (including phenoxy) is 1. The molecule has 2 saturated heterocycles. The van der Waals surface area contributed by atoms with E-state index in [0.717, 1.165) is 25.2 Å². The third-order valence-corrected chi connectivity index (χ3v) is 7.20. The number of fused-ring (bicyclic) bond motifs is 2. The van der Waals surface area contributed by atoms with E-state index in [4.69, 9.17) is 4.74 Å². The van der Waals surface area contributed by atoms with Crippen molar-refractivity contribution >= 4 is 29.0 Å². The van der Waals surface area contributed by atoms with Crippen molar-refractivity contribution in [2.24, 2.45) is 0 Å². The Morgan fingerprint density at radius 3 is 2.42 bits per heavy atom. The normalized spacial score (nSPS) is 23.7. The summed E-state index contributed by atoms with van der Waals surface area (Å²) < 4.78 is 19.0. The minimum absolute atomic E-state index is 0.153. The molecule has 0 bridgehead atoms. The molecule has 0 unspecified atom stereocenters. The molecule has 2 amide bonds. The fraction of sp³-hybridized carbons (Fsp3) is 0.370. The molecule has 1 spiro atoms. The van der Waals surface area contributed by atoms with Crippen molar-refractivity contribution in [1.82, 2.24) is 9.80 Å². The number of morpholine rings is 1. The molecular formula is C27H28FN3O5. The minimum Gasteiger partial charge on any atom is -0.507 e. The predicted octanol–water partition coefficient (Wildman–Crippen LogP) is 2.49. The van der Waals surface area contributed by atoms with Gasteiger partial charge in [-0.2, -0.15) is 0 Å². The van der Waals surface area contributed by atoms with Crippen molar-refractivity contribution in [3.8, 4) is 0 Å². The summed E-state index contributed by atoms with van der Waals surface area (Å²) in [7, 11) is 0. The monoisotopic (exact) mass is 493 g/mol. The van der Waals surface area contributed by atoms with Crippen LogP contribution in [0.4, 0.5) is 10.1 Å². The van der Waals surface area contributed by atoms with E-state index in [1.807, 2.05) is 6.92 Å². The van der Waals surface area contributed by atoms with Crippen LogP contribution < -0.4 is 4.90 Å². The number of halogens is 1. The van der Waals surface area contributed by atoms with Crippen molar-refractivity contribution in [3.05, 3.63) is 71.0 Å². The second-order valence-electron chi connectivity index (χ2n) is 9.10. The summed E-state index contributed by atoms with van der Waals surface area (Å²) in [4.78, 5) is 46.2. The average Bonchev–Trinajstić information content (AvgIpc) is 3.27. The molecular weight excluding hydrogens is 465 g/mol. The van der Waals surface area contributed by atoms with Gasteiger partial charge in [-0.25, -0.2) is 4.39 Å². The van der Waals surface area contributed by atoms with Crippen molar-refractivity contribution in [1.29, 1.82) is 0 Å². The van der Waals surface area contributed by atoms with Crippen molar-refractivity contribution in [3.63, 3.8) is 0 Å². The number of carbonyl (C=O) groups excluding carboxylic acids is 3. The van der Waals surface area contributed by atoms with E-state index < -0.39 is 34.7 Å². The highest BCUT2D eigenvalue weighted by atomic mass is 19.1. The summed E-state index contributed by atoms with van der Waals surface area (Å²) in [6.45, 7) is 5.80. The van der Waals surface area contributed by atoms with Crippen LogP contribution in [-0.2, 0) is 24.7 Å². The molecule has 8 nitrogen and oxygen atoms in total. The fourth-order valence-electron chi connectivity index (χ4n) is 5.51. The number of amides is 2. The Labute approximate surface area is 208 Å². The Balaban J connectivity index is 1.64. The van der Waals surface area contributed by atoms with Crippen LogP contribution in [0.25, 0.3) is 5.76 Å². The molecule has 2 aromatic carbocycles. The molecule has 2 fully saturated rings. The van der Waals surface area contributed by atoms with E-state index in [9.17, 15) is 23.9 Å². The lowest BCUT2D eigenvalue weighted by Gasteiger charge is -2.35. The van der Waals surface area contributed by atoms with Gasteiger partial charge in [0.1, 0.15) is 11.6 Å². The Bertz CT molecular complexity index is 1240. The number of anilines is 1. The van der Waals surface area contributed by atoms with Gasteiger partial charge in [0.15, 0.2) is 5.54 Å². The smallest absolute Gasteiger partial charge is 0.296 e. The topological polar surface area (TPSA) is 90.4 Å². The maximum atomic E-state index is 14.1. The van der Waals surface area contributed by atoms with Gasteiger partial charge in [0, 0.05) is 43.9 Å². The van der Waals surface area contributed by atoms with E-state index >= 15 is 0 Å². The molecule has 3 aliphatic rings. The van der Waals surface area contributed by atoms with E-state index in [1.165, 1.54) is 21.9 Å². The van der Waals surface area contributed by atoms with Gasteiger partial charge in [0.05, 0.1) is 24.5 Å². The molecule has 36 heavy (non-hydrogen) atoms. The maximum absolute atomic E-state index is 14.1. The molecule has 0 saturated carbocycles. The van der Waals surface area contributed by atoms with Gasteiger partial charge >= 0.3 is 0 Å². The lowest BCUT2D eigenvalue weighted by Crippen LogP contribution is -2.52. The standard InChI is InChI=1S/C27H28FN3O5/c1-2-30-21-7-4-3-6-20(21)27(26(30)35)22(23(32)18-8-10-19(28)11-9-18)24(33)25(34)31(27)13-5-12-29-14-16-36-17-15-29/h3-4,6-11,32H,2,5,12-17H2,1H3/t27-/m0/s1. The Hall–Kier alpha value is -3.56. The van der Waals surface area contributed by atoms with Crippen molar-refractivity contribution in [2.75, 3.05) is 50.8 Å². The second-order valence-corrected chi connectivity index (χ2v) is 9.10. The van der Waals surface area contributed by atoms with Crippen LogP contribution in [0.15, 0.2) is 54.1 Å². The Morgan fingerprint density at radius 2 is 1.72 bits per heavy atom. The Kier molecular flexibility index (Phi) is 6.36. The van der Waals surface area contributed by atoms with Gasteiger partial charge in [0.2, 0.25) is 0 Å². The quantitative estimate of drug-likeness (QED) is 0.378. The van der Waals surface area contributed by atoms with Crippen LogP contribution in [0.5, 0.6) is 0 Å². The molecule has 188 valence electrons. The molecule has 0 aliphatic carbocycles. The first-order valence-electron chi connectivity index (χ1n) is 12.2. The first kappa shape index (κ1) is 24.1. The molecule has 3 heterocycles. The summed E-state index contributed by atoms with van der Waals surface area (Å²) in [5, 5.41) is 11.3. The molecule has 3 aliphatic heterocycles. The highest BCUT2D eigenvalue weighted by Crippen LogP contribution is 2.53. The number of aliphatic hydroxyl groups is 1. The summed E-state index contributed by atoms with van der Waals surface area (Å²) in [6.07, 6.45) is 0.535. The number of nitrogens with zero attached hydrogens (tertiary/aromatic N) is 3. The second kappa shape index (κ2) is 9.48. The summed E-state index contributed by atoms with van der Waals surface area (Å²) in [6, 6.07) is 12.0. The number of benzene rings is 2. The van der Waals surface area contributed by atoms with Crippen molar-refractivity contribution < 1.29 is 28.6 Å². The lowest BCUT2D eigenvalue weighted by atomic mass is 9.82. The van der Waals surface area contributed by atoms with Gasteiger partial charge in [-0.1, -0.05) is 18.2 Å². The minimum atomic E-state index is -1.79. The SMILES string of the molecule is CCN1C(=O)[C@@]2(C(=C(O)c3ccc(F)cc3)C(=O)C(=O)N2CCCN2CCOCC2)c2ccccc21. The summed E-state index contributed by atoms with van der Waals surface area (Å²) in [5.41, 5.74) is -0.841. The number of ketones is 1. The highest BCUT2D eigenvalue weighted by molar-refractivity contribution is 6.50. The molecule has 9 heteroatoms. The first-order chi connectivity index (χ1) is 17.4. The summed E-state index contributed by atoms with van der Waals surface area (Å²) >= 11 is 0. The average molecular weight is 494 g/mol. The molecule has 0 aromatic heterocycles. The number of carbonyl (C=O) groups is 3. The maximum Gasteiger partial charge on any atom is 0.296 e. The van der Waals surface area contributed by atoms with E-state index in [2.05, 4.69) is 4.90 Å². The van der Waals surface area contributed by atoms with E-state index in [0.29, 0.717) is 44.0 Å². The largest absolute Gasteiger partial charge is 0.507 e. The van der Waals surface area contributed by atoms with Gasteiger partial charge in [0.25, 0.3) is 17.6 Å². The zero-order valence-electron chi connectivity index (χ0n) is 20.1. The van der Waals surface area contributed by atoms with Crippen LogP contribution in [0.1, 0.15) is 24.5 Å². The van der Waals surface area contributed by atoms with Crippen LogP contribution in [0.2, 0.25) is 0 Å². The molecule has 1 N–H and O–H groups in total. The number of hydrogen-bond acceptors (Lipinski definition) is 6. The molecule has 2 aromatic rings. The van der Waals surface area contributed by atoms with Crippen molar-refractivity contribution in [2.45, 2.75) is 18.9 Å². The number of likely N-dealkylation sites (tertiary alicyclic amines) is 1. The van der Waals surface area contributed by atoms with Crippen LogP contribution in [0, 0.1) is 5.82 Å². The highest BCUT2D eigenvalue weighted by Gasteiger charge is 2.66. The number of rotatable bonds is 6. The number of aliphatic hydroxyl groups excluding tert-OH is 1. The number of para-hydroxylation sites is 1. The fourth-order valence-corrected chi connectivity index (χ4v) is 5.51. The van der Waals surface area contributed by atoms with Crippen LogP contribution >= 0.6 is 0 Å². The van der Waals surface area contributed by atoms with Gasteiger partial charge < -0.3 is 19.6 Å². The number of Topliss-reactive ketones (excluding diaryl/α,β-unsaturated/α-hetero) is 1. The Morgan fingerprint density at radius 1 is 1.03 bits per heavy atom. The molecule has 5 rings (SSSR count). The van der Waals surface area contributed by atoms with Gasteiger partial charge in [-0.15, -0.1) is 0 Å². The van der Waals surface area contributed by atoms with Crippen LogP contribution in [-0.4, -0.2) is 78.4 Å². The zero-order valence-corrected chi connectivity index (χ0v) is 20.1. The third-order valence-electron chi connectivity index (χ3n) is 7.20. The van der Waals surface area contributed by atoms with Gasteiger partial charge in [-0.05, 0) is 43.7 Å². The lowest BCUT2D eigenvalue weighted by molar-refractivity contribution is -0.143. The molecule has 1 atom stereocenters. The summed E-state index contributed by atoms with van der Waals surface area (Å²) in [5.74, 6) is -3.22. The van der Waals surface area contributed by atoms with Gasteiger partial charge in [-0.3, -0.25) is 19.3 Å². The van der Waals surface area contributed by atoms with E-state index in [-0.39, 0.29) is 17.7 Å². The predicted molar refractivity (Wildman–Crippen MR) is 131 cm³/mol. The number of likely N-dealkylation sites (N-methyl/N-ethyl adjacent to an activating group) is 1. The van der Waals surface area contributed by atoms with Crippen LogP contribution in [0.3, 0.4) is 0 Å². The third kappa shape index (κ3) is 3.61.